The summed E-state index contributed by atoms with van der Waals surface area (Å²) < 4.78 is 11.3. The van der Waals surface area contributed by atoms with Gasteiger partial charge in [0.1, 0.15) is 17.2 Å². The first-order chi connectivity index (χ1) is 15.6. The lowest BCUT2D eigenvalue weighted by molar-refractivity contribution is 0.0693. The minimum absolute atomic E-state index is 0.0373. The van der Waals surface area contributed by atoms with Crippen molar-refractivity contribution in [2.75, 3.05) is 20.2 Å². The van der Waals surface area contributed by atoms with Crippen molar-refractivity contribution in [3.05, 3.63) is 83.2 Å². The minimum atomic E-state index is 0.0373. The summed E-state index contributed by atoms with van der Waals surface area (Å²) in [6.45, 7) is 3.44. The molecule has 0 spiro atoms. The second kappa shape index (κ2) is 8.54. The van der Waals surface area contributed by atoms with E-state index in [0.717, 1.165) is 53.3 Å². The molecular formula is C26H27N3O3. The predicted octanol–water partition coefficient (Wildman–Crippen LogP) is 5.08. The normalized spacial score (nSPS) is 16.4. The first-order valence-electron chi connectivity index (χ1n) is 11.1. The SMILES string of the molecule is COc1ccc(Cc2cnc([C@H]3CCCN(C(=O)c4cc5c(C)cccc5[nH]4)C3)o2)cc1. The number of hydrogen-bond acceptors (Lipinski definition) is 4. The van der Waals surface area contributed by atoms with Crippen LogP contribution < -0.4 is 4.74 Å². The van der Waals surface area contributed by atoms with E-state index in [0.29, 0.717) is 18.7 Å². The van der Waals surface area contributed by atoms with Crippen molar-refractivity contribution < 1.29 is 13.9 Å². The predicted molar refractivity (Wildman–Crippen MR) is 123 cm³/mol. The zero-order valence-corrected chi connectivity index (χ0v) is 18.4. The Hall–Kier alpha value is -3.54. The van der Waals surface area contributed by atoms with Gasteiger partial charge in [-0.2, -0.15) is 0 Å². The largest absolute Gasteiger partial charge is 0.497 e. The maximum Gasteiger partial charge on any atom is 0.270 e. The Kier molecular flexibility index (Phi) is 5.43. The zero-order chi connectivity index (χ0) is 22.1. The van der Waals surface area contributed by atoms with Crippen LogP contribution in [0.25, 0.3) is 10.9 Å². The summed E-state index contributed by atoms with van der Waals surface area (Å²) in [6, 6.07) is 16.0. The maximum atomic E-state index is 13.2. The number of benzene rings is 2. The topological polar surface area (TPSA) is 71.4 Å². The molecule has 1 aliphatic rings. The fourth-order valence-electron chi connectivity index (χ4n) is 4.49. The van der Waals surface area contributed by atoms with Crippen molar-refractivity contribution in [3.63, 3.8) is 0 Å². The number of ether oxygens (including phenoxy) is 1. The van der Waals surface area contributed by atoms with Gasteiger partial charge < -0.3 is 19.0 Å². The number of likely N-dealkylation sites (tertiary alicyclic amines) is 1. The number of aromatic nitrogens is 2. The standard InChI is InChI=1S/C26H27N3O3/c1-17-5-3-7-23-22(17)14-24(28-23)26(30)29-12-4-6-19(16-29)25-27-15-21(32-25)13-18-8-10-20(31-2)11-9-18/h3,5,7-11,14-15,19,28H,4,6,12-13,16H2,1-2H3/t19-/m0/s1. The number of hydrogen-bond donors (Lipinski definition) is 1. The fourth-order valence-corrected chi connectivity index (χ4v) is 4.49. The molecule has 6 heteroatoms. The van der Waals surface area contributed by atoms with E-state index in [-0.39, 0.29) is 11.8 Å². The highest BCUT2D eigenvalue weighted by molar-refractivity contribution is 5.98. The first-order valence-corrected chi connectivity index (χ1v) is 11.1. The number of fused-ring (bicyclic) bond motifs is 1. The van der Waals surface area contributed by atoms with Crippen molar-refractivity contribution in [2.45, 2.75) is 32.1 Å². The molecule has 0 bridgehead atoms. The van der Waals surface area contributed by atoms with Crippen LogP contribution in [0.15, 0.2) is 59.1 Å². The molecule has 32 heavy (non-hydrogen) atoms. The summed E-state index contributed by atoms with van der Waals surface area (Å²) in [7, 11) is 1.66. The summed E-state index contributed by atoms with van der Waals surface area (Å²) in [5.41, 5.74) is 3.95. The Morgan fingerprint density at radius 1 is 1.25 bits per heavy atom. The third-order valence-electron chi connectivity index (χ3n) is 6.28. The quantitative estimate of drug-likeness (QED) is 0.480. The molecule has 1 fully saturated rings. The molecule has 1 N–H and O–H groups in total. The molecule has 2 aromatic heterocycles. The monoisotopic (exact) mass is 429 g/mol. The Morgan fingerprint density at radius 2 is 2.09 bits per heavy atom. The van der Waals surface area contributed by atoms with Gasteiger partial charge in [0.2, 0.25) is 0 Å². The van der Waals surface area contributed by atoms with E-state index < -0.39 is 0 Å². The van der Waals surface area contributed by atoms with Crippen LogP contribution in [0.3, 0.4) is 0 Å². The average Bonchev–Trinajstić information content (AvgIpc) is 3.47. The third-order valence-corrected chi connectivity index (χ3v) is 6.28. The fraction of sp³-hybridized carbons (Fsp3) is 0.308. The molecule has 1 aliphatic heterocycles. The van der Waals surface area contributed by atoms with Gasteiger partial charge in [0.25, 0.3) is 5.91 Å². The summed E-state index contributed by atoms with van der Waals surface area (Å²) in [4.78, 5) is 22.9. The molecule has 0 unspecified atom stereocenters. The van der Waals surface area contributed by atoms with Gasteiger partial charge in [-0.25, -0.2) is 4.98 Å². The second-order valence-electron chi connectivity index (χ2n) is 8.50. The number of aromatic amines is 1. The molecule has 6 nitrogen and oxygen atoms in total. The van der Waals surface area contributed by atoms with Crippen molar-refractivity contribution in [1.29, 1.82) is 0 Å². The van der Waals surface area contributed by atoms with Crippen LogP contribution in [0.5, 0.6) is 5.75 Å². The molecular weight excluding hydrogens is 402 g/mol. The highest BCUT2D eigenvalue weighted by Crippen LogP contribution is 2.29. The number of methoxy groups -OCH3 is 1. The van der Waals surface area contributed by atoms with Crippen LogP contribution in [0.1, 0.15) is 52.0 Å². The number of piperidine rings is 1. The van der Waals surface area contributed by atoms with Crippen LogP contribution in [0, 0.1) is 6.92 Å². The molecule has 4 aromatic rings. The van der Waals surface area contributed by atoms with Crippen molar-refractivity contribution in [1.82, 2.24) is 14.9 Å². The Morgan fingerprint density at radius 3 is 2.88 bits per heavy atom. The number of nitrogens with one attached hydrogen (secondary N) is 1. The Labute approximate surface area is 187 Å². The first kappa shape index (κ1) is 20.4. The highest BCUT2D eigenvalue weighted by Gasteiger charge is 2.29. The van der Waals surface area contributed by atoms with Crippen LogP contribution in [0.4, 0.5) is 0 Å². The van der Waals surface area contributed by atoms with E-state index in [1.807, 2.05) is 47.4 Å². The van der Waals surface area contributed by atoms with Crippen molar-refractivity contribution >= 4 is 16.8 Å². The highest BCUT2D eigenvalue weighted by atomic mass is 16.5. The zero-order valence-electron chi connectivity index (χ0n) is 18.4. The smallest absolute Gasteiger partial charge is 0.270 e. The van der Waals surface area contributed by atoms with Gasteiger partial charge >= 0.3 is 0 Å². The molecule has 1 amide bonds. The van der Waals surface area contributed by atoms with E-state index in [1.54, 1.807) is 13.3 Å². The van der Waals surface area contributed by atoms with E-state index in [4.69, 9.17) is 9.15 Å². The lowest BCUT2D eigenvalue weighted by Gasteiger charge is -2.31. The molecule has 164 valence electrons. The van der Waals surface area contributed by atoms with Crippen molar-refractivity contribution in [3.8, 4) is 5.75 Å². The number of carbonyl (C=O) groups excluding carboxylic acids is 1. The summed E-state index contributed by atoms with van der Waals surface area (Å²) in [5, 5.41) is 1.10. The molecule has 1 saturated heterocycles. The van der Waals surface area contributed by atoms with Crippen LogP contribution in [-0.4, -0.2) is 41.0 Å². The molecule has 3 heterocycles. The number of oxazole rings is 1. The van der Waals surface area contributed by atoms with Crippen LogP contribution >= 0.6 is 0 Å². The number of carbonyl (C=O) groups is 1. The van der Waals surface area contributed by atoms with E-state index in [9.17, 15) is 4.79 Å². The molecule has 0 aliphatic carbocycles. The van der Waals surface area contributed by atoms with E-state index in [2.05, 4.69) is 23.0 Å². The number of rotatable bonds is 5. The molecule has 5 rings (SSSR count). The number of H-pyrrole nitrogens is 1. The summed E-state index contributed by atoms with van der Waals surface area (Å²) in [6.07, 6.45) is 4.39. The molecule has 0 radical (unpaired) electrons. The van der Waals surface area contributed by atoms with Gasteiger partial charge in [0.05, 0.1) is 19.2 Å². The Bertz CT molecular complexity index is 1240. The number of nitrogens with zero attached hydrogens (tertiary/aromatic N) is 2. The van der Waals surface area contributed by atoms with Gasteiger partial charge in [-0.1, -0.05) is 24.3 Å². The van der Waals surface area contributed by atoms with Crippen molar-refractivity contribution in [2.24, 2.45) is 0 Å². The Balaban J connectivity index is 1.28. The average molecular weight is 430 g/mol. The number of amides is 1. The summed E-state index contributed by atoms with van der Waals surface area (Å²) >= 11 is 0. The van der Waals surface area contributed by atoms with Gasteiger partial charge in [-0.15, -0.1) is 0 Å². The van der Waals surface area contributed by atoms with Gasteiger partial charge in [0.15, 0.2) is 5.89 Å². The lowest BCUT2D eigenvalue weighted by Crippen LogP contribution is -2.39. The maximum absolute atomic E-state index is 13.2. The second-order valence-corrected chi connectivity index (χ2v) is 8.50. The van der Waals surface area contributed by atoms with E-state index >= 15 is 0 Å². The van der Waals surface area contributed by atoms with Gasteiger partial charge in [-0.05, 0) is 55.2 Å². The minimum Gasteiger partial charge on any atom is -0.497 e. The molecule has 0 saturated carbocycles. The third kappa shape index (κ3) is 4.00. The summed E-state index contributed by atoms with van der Waals surface area (Å²) in [5.74, 6) is 2.54. The van der Waals surface area contributed by atoms with E-state index in [1.165, 1.54) is 5.56 Å². The van der Waals surface area contributed by atoms with Gasteiger partial charge in [0, 0.05) is 30.4 Å². The molecule has 1 atom stereocenters. The molecule has 2 aromatic carbocycles. The number of aryl methyl sites for hydroxylation is 1. The van der Waals surface area contributed by atoms with Crippen LogP contribution in [-0.2, 0) is 6.42 Å². The van der Waals surface area contributed by atoms with Gasteiger partial charge in [-0.3, -0.25) is 4.79 Å². The van der Waals surface area contributed by atoms with Crippen LogP contribution in [0.2, 0.25) is 0 Å². The lowest BCUT2D eigenvalue weighted by atomic mass is 9.97.